The van der Waals surface area contributed by atoms with E-state index in [4.69, 9.17) is 5.11 Å². The van der Waals surface area contributed by atoms with Crippen molar-refractivity contribution in [2.45, 2.75) is 0 Å². The Hall–Kier alpha value is -1.85. The molecule has 0 bridgehead atoms. The summed E-state index contributed by atoms with van der Waals surface area (Å²) in [5, 5.41) is 11.3. The van der Waals surface area contributed by atoms with Gasteiger partial charge in [0.05, 0.1) is 0 Å². The predicted molar refractivity (Wildman–Crippen MR) is 34.5 cm³/mol. The van der Waals surface area contributed by atoms with Crippen molar-refractivity contribution in [3.8, 4) is 5.88 Å². The smallest absolute Gasteiger partial charge is 0.227 e. The molecular formula is C5H3N3O3. The lowest BCUT2D eigenvalue weighted by molar-refractivity contribution is 0.112. The summed E-state index contributed by atoms with van der Waals surface area (Å²) in [5.41, 5.74) is -0.289. The van der Waals surface area contributed by atoms with Crippen LogP contribution in [0.1, 0.15) is 10.4 Å². The molecule has 6 nitrogen and oxygen atoms in total. The average molecular weight is 153 g/mol. The molecule has 1 aromatic rings. The molecule has 0 aliphatic heterocycles. The molecule has 1 rings (SSSR count). The van der Waals surface area contributed by atoms with E-state index in [2.05, 4.69) is 15.1 Å². The van der Waals surface area contributed by atoms with Gasteiger partial charge in [0.1, 0.15) is 11.9 Å². The molecular weight excluding hydrogens is 150 g/mol. The lowest BCUT2D eigenvalue weighted by Gasteiger charge is -1.93. The Balaban J connectivity index is 3.35. The topological polar surface area (TPSA) is 92.5 Å². The van der Waals surface area contributed by atoms with Crippen LogP contribution in [0.4, 0.5) is 5.82 Å². The van der Waals surface area contributed by atoms with Gasteiger partial charge < -0.3 is 5.11 Å². The van der Waals surface area contributed by atoms with Crippen LogP contribution in [0.25, 0.3) is 0 Å². The lowest BCUT2D eigenvalue weighted by atomic mass is 10.3. The van der Waals surface area contributed by atoms with E-state index in [0.717, 1.165) is 6.33 Å². The first-order valence-corrected chi connectivity index (χ1v) is 2.62. The molecule has 0 radical (unpaired) electrons. The summed E-state index contributed by atoms with van der Waals surface area (Å²) in [7, 11) is 0. The van der Waals surface area contributed by atoms with Crippen molar-refractivity contribution in [1.29, 1.82) is 0 Å². The van der Waals surface area contributed by atoms with E-state index < -0.39 is 5.88 Å². The van der Waals surface area contributed by atoms with Crippen LogP contribution in [0.3, 0.4) is 0 Å². The molecule has 6 heteroatoms. The van der Waals surface area contributed by atoms with Crippen molar-refractivity contribution in [2.75, 3.05) is 0 Å². The molecule has 1 aromatic heterocycles. The van der Waals surface area contributed by atoms with Crippen LogP contribution in [0.5, 0.6) is 5.88 Å². The van der Waals surface area contributed by atoms with Crippen molar-refractivity contribution in [3.63, 3.8) is 0 Å². The minimum absolute atomic E-state index is 0.270. The number of nitrogens with zero attached hydrogens (tertiary/aromatic N) is 3. The number of aromatic nitrogens is 2. The molecule has 1 heterocycles. The van der Waals surface area contributed by atoms with Crippen molar-refractivity contribution < 1.29 is 9.90 Å². The first kappa shape index (κ1) is 7.26. The molecule has 0 unspecified atom stereocenters. The summed E-state index contributed by atoms with van der Waals surface area (Å²) in [6.07, 6.45) is 1.21. The fourth-order valence-electron chi connectivity index (χ4n) is 0.555. The van der Waals surface area contributed by atoms with Crippen LogP contribution in [-0.4, -0.2) is 21.4 Å². The molecule has 0 saturated heterocycles. The van der Waals surface area contributed by atoms with E-state index in [9.17, 15) is 9.70 Å². The minimum atomic E-state index is -0.537. The van der Waals surface area contributed by atoms with E-state index in [-0.39, 0.29) is 17.7 Å². The zero-order valence-corrected chi connectivity index (χ0v) is 5.26. The molecule has 0 fully saturated rings. The van der Waals surface area contributed by atoms with E-state index in [0.29, 0.717) is 0 Å². The van der Waals surface area contributed by atoms with Gasteiger partial charge in [0.2, 0.25) is 11.7 Å². The van der Waals surface area contributed by atoms with Crippen molar-refractivity contribution in [1.82, 2.24) is 9.97 Å². The summed E-state index contributed by atoms with van der Waals surface area (Å²) < 4.78 is 0. The molecule has 0 aliphatic carbocycles. The number of rotatable bonds is 2. The van der Waals surface area contributed by atoms with Crippen LogP contribution < -0.4 is 0 Å². The lowest BCUT2D eigenvalue weighted by Crippen LogP contribution is -1.88. The zero-order chi connectivity index (χ0) is 8.27. The van der Waals surface area contributed by atoms with Gasteiger partial charge in [-0.3, -0.25) is 4.79 Å². The normalized spacial score (nSPS) is 9.09. The van der Waals surface area contributed by atoms with Gasteiger partial charge in [-0.1, -0.05) is 0 Å². The number of carbonyl (C=O) groups excluding carboxylic acids is 1. The van der Waals surface area contributed by atoms with Crippen LogP contribution in [0.2, 0.25) is 0 Å². The third-order valence-corrected chi connectivity index (χ3v) is 1.05. The third kappa shape index (κ3) is 1.18. The largest absolute Gasteiger partial charge is 0.493 e. The fourth-order valence-corrected chi connectivity index (χ4v) is 0.555. The number of hydrogen-bond donors (Lipinski definition) is 1. The molecule has 11 heavy (non-hydrogen) atoms. The fraction of sp³-hybridized carbons (Fsp3) is 0. The highest BCUT2D eigenvalue weighted by Gasteiger charge is 2.08. The Morgan fingerprint density at radius 1 is 1.55 bits per heavy atom. The average Bonchev–Trinajstić information content (AvgIpc) is 2.04. The predicted octanol–water partition coefficient (Wildman–Crippen LogP) is 0.393. The quantitative estimate of drug-likeness (QED) is 0.490. The number of aldehydes is 1. The second-order valence-corrected chi connectivity index (χ2v) is 1.64. The Morgan fingerprint density at radius 3 is 2.73 bits per heavy atom. The van der Waals surface area contributed by atoms with Gasteiger partial charge in [0.25, 0.3) is 0 Å². The molecule has 0 spiro atoms. The summed E-state index contributed by atoms with van der Waals surface area (Å²) in [5.74, 6) is -0.892. The Kier molecular flexibility index (Phi) is 1.86. The molecule has 0 atom stereocenters. The Morgan fingerprint density at radius 2 is 2.27 bits per heavy atom. The first-order valence-electron chi connectivity index (χ1n) is 2.62. The Bertz CT molecular complexity index is 299. The van der Waals surface area contributed by atoms with Crippen molar-refractivity contribution in [3.05, 3.63) is 16.8 Å². The summed E-state index contributed by atoms with van der Waals surface area (Å²) >= 11 is 0. The van der Waals surface area contributed by atoms with E-state index in [1.54, 1.807) is 0 Å². The second kappa shape index (κ2) is 2.82. The maximum Gasteiger partial charge on any atom is 0.227 e. The summed E-state index contributed by atoms with van der Waals surface area (Å²) in [6.45, 7) is 0. The van der Waals surface area contributed by atoms with E-state index in [1.165, 1.54) is 0 Å². The van der Waals surface area contributed by atoms with Gasteiger partial charge in [-0.05, 0) is 5.18 Å². The highest BCUT2D eigenvalue weighted by molar-refractivity contribution is 5.83. The highest BCUT2D eigenvalue weighted by Crippen LogP contribution is 2.19. The molecule has 1 N–H and O–H groups in total. The van der Waals surface area contributed by atoms with Crippen LogP contribution in [-0.2, 0) is 0 Å². The molecule has 0 aliphatic rings. The molecule has 0 aromatic carbocycles. The van der Waals surface area contributed by atoms with Gasteiger partial charge in [-0.15, -0.1) is 4.91 Å². The van der Waals surface area contributed by atoms with Crippen LogP contribution in [0, 0.1) is 4.91 Å². The van der Waals surface area contributed by atoms with Crippen LogP contribution in [0.15, 0.2) is 11.5 Å². The van der Waals surface area contributed by atoms with Gasteiger partial charge in [-0.2, -0.15) is 0 Å². The SMILES string of the molecule is O=Cc1c(O)ncnc1N=O. The third-order valence-electron chi connectivity index (χ3n) is 1.05. The zero-order valence-electron chi connectivity index (χ0n) is 5.26. The summed E-state index contributed by atoms with van der Waals surface area (Å²) in [6, 6.07) is 0. The monoisotopic (exact) mass is 153 g/mol. The number of nitroso groups, excluding NO2 is 1. The number of carbonyl (C=O) groups is 1. The first-order chi connectivity index (χ1) is 5.29. The van der Waals surface area contributed by atoms with Gasteiger partial charge >= 0.3 is 0 Å². The molecule has 0 saturated carbocycles. The molecule has 0 amide bonds. The highest BCUT2D eigenvalue weighted by atomic mass is 16.3. The molecule has 56 valence electrons. The van der Waals surface area contributed by atoms with E-state index in [1.807, 2.05) is 0 Å². The van der Waals surface area contributed by atoms with Crippen molar-refractivity contribution >= 4 is 12.1 Å². The van der Waals surface area contributed by atoms with Gasteiger partial charge in [0, 0.05) is 0 Å². The summed E-state index contributed by atoms with van der Waals surface area (Å²) in [4.78, 5) is 26.7. The van der Waals surface area contributed by atoms with Crippen molar-refractivity contribution in [2.24, 2.45) is 5.18 Å². The second-order valence-electron chi connectivity index (χ2n) is 1.64. The van der Waals surface area contributed by atoms with Gasteiger partial charge in [0.15, 0.2) is 6.29 Å². The van der Waals surface area contributed by atoms with E-state index >= 15 is 0 Å². The maximum atomic E-state index is 10.2. The maximum absolute atomic E-state index is 10.2. The standard InChI is InChI=1S/C5H3N3O3/c9-1-3-4(8-11)6-2-7-5(3)10/h1-2H,(H,6,7,10). The Labute approximate surface area is 60.9 Å². The number of hydrogen-bond acceptors (Lipinski definition) is 6. The number of aromatic hydroxyl groups is 1. The van der Waals surface area contributed by atoms with Crippen LogP contribution >= 0.6 is 0 Å². The van der Waals surface area contributed by atoms with Gasteiger partial charge in [-0.25, -0.2) is 9.97 Å². The minimum Gasteiger partial charge on any atom is -0.493 e.